The molecule has 3 aliphatic rings. The standard InChI is InChI=1S/C35H36F6N2O3/c1-19(2)18-43-27-11-9-21(35(39,40)41)15-25(27)33(5,6)29(43)17-23-30(44)22(31(23)45)16-28-32(3,4)24-14-20(34(36,37)38)8-10-26(24)42(28)12-13-46-7/h8-11,14-17,19H,12-13,18H2,1-7H3. The number of hydrogen-bond donors (Lipinski definition) is 0. The van der Waals surface area contributed by atoms with Gasteiger partial charge in [0, 0.05) is 65.2 Å². The average Bonchev–Trinajstić information content (AvgIpc) is 3.29. The number of ether oxygens (including phenoxy) is 1. The SMILES string of the molecule is COCCN1C(=CC2=C([O-])C(=CC3=[N+](CC(C)C)c4ccc(C(F)(F)F)cc4C3(C)C)C2=O)C(C)(C)c2cc(C(F)(F)F)ccc21. The zero-order chi connectivity index (χ0) is 34.1. The Hall–Kier alpha value is -3.86. The molecule has 0 saturated heterocycles. The molecule has 246 valence electrons. The van der Waals surface area contributed by atoms with E-state index in [1.54, 1.807) is 32.6 Å². The molecule has 2 aromatic carbocycles. The monoisotopic (exact) mass is 646 g/mol. The molecular weight excluding hydrogens is 610 g/mol. The maximum Gasteiger partial charge on any atom is 0.416 e. The number of methoxy groups -OCH3 is 1. The molecule has 0 atom stereocenters. The molecular formula is C35H36F6N2O3. The highest BCUT2D eigenvalue weighted by atomic mass is 19.4. The van der Waals surface area contributed by atoms with Gasteiger partial charge in [0.25, 0.3) is 0 Å². The second kappa shape index (κ2) is 11.1. The van der Waals surface area contributed by atoms with E-state index >= 15 is 0 Å². The van der Waals surface area contributed by atoms with E-state index in [0.29, 0.717) is 40.5 Å². The van der Waals surface area contributed by atoms with Crippen LogP contribution in [0.15, 0.2) is 71.2 Å². The predicted octanol–water partition coefficient (Wildman–Crippen LogP) is 7.21. The number of hydrogen-bond acceptors (Lipinski definition) is 4. The van der Waals surface area contributed by atoms with E-state index in [4.69, 9.17) is 4.74 Å². The predicted molar refractivity (Wildman–Crippen MR) is 161 cm³/mol. The van der Waals surface area contributed by atoms with E-state index in [2.05, 4.69) is 0 Å². The third-order valence-corrected chi connectivity index (χ3v) is 9.05. The summed E-state index contributed by atoms with van der Waals surface area (Å²) >= 11 is 0. The Morgan fingerprint density at radius 2 is 1.50 bits per heavy atom. The van der Waals surface area contributed by atoms with Crippen LogP contribution in [0.5, 0.6) is 0 Å². The van der Waals surface area contributed by atoms with Gasteiger partial charge in [0.15, 0.2) is 18.0 Å². The normalized spacial score (nSPS) is 20.7. The van der Waals surface area contributed by atoms with Gasteiger partial charge in [0.2, 0.25) is 5.69 Å². The van der Waals surface area contributed by atoms with E-state index in [9.17, 15) is 36.2 Å². The van der Waals surface area contributed by atoms with Crippen LogP contribution < -0.4 is 10.0 Å². The summed E-state index contributed by atoms with van der Waals surface area (Å²) in [6, 6.07) is 7.08. The molecule has 2 aliphatic heterocycles. The van der Waals surface area contributed by atoms with Gasteiger partial charge in [0.05, 0.1) is 23.1 Å². The number of rotatable bonds is 7. The fourth-order valence-electron chi connectivity index (χ4n) is 6.58. The second-order valence-corrected chi connectivity index (χ2v) is 13.4. The lowest BCUT2D eigenvalue weighted by Gasteiger charge is -2.33. The number of halogens is 6. The van der Waals surface area contributed by atoms with Gasteiger partial charge >= 0.3 is 12.4 Å². The molecule has 1 aliphatic carbocycles. The third kappa shape index (κ3) is 5.46. The van der Waals surface area contributed by atoms with Gasteiger partial charge in [-0.2, -0.15) is 30.9 Å². The highest BCUT2D eigenvalue weighted by Gasteiger charge is 2.48. The minimum absolute atomic E-state index is 0.0938. The van der Waals surface area contributed by atoms with Crippen molar-refractivity contribution in [3.05, 3.63) is 93.4 Å². The first-order valence-corrected chi connectivity index (χ1v) is 15.0. The number of ketones is 1. The first-order valence-electron chi connectivity index (χ1n) is 15.0. The lowest BCUT2D eigenvalue weighted by molar-refractivity contribution is -0.445. The molecule has 0 radical (unpaired) electrons. The summed E-state index contributed by atoms with van der Waals surface area (Å²) in [5.74, 6) is -0.961. The van der Waals surface area contributed by atoms with Crippen molar-refractivity contribution in [2.75, 3.05) is 31.7 Å². The van der Waals surface area contributed by atoms with Crippen LogP contribution in [0, 0.1) is 5.92 Å². The van der Waals surface area contributed by atoms with Crippen LogP contribution in [-0.4, -0.2) is 42.9 Å². The molecule has 0 amide bonds. The van der Waals surface area contributed by atoms with E-state index in [0.717, 1.165) is 24.3 Å². The Balaban J connectivity index is 1.60. The van der Waals surface area contributed by atoms with Crippen LogP contribution in [0.3, 0.4) is 0 Å². The maximum atomic E-state index is 13.6. The van der Waals surface area contributed by atoms with Gasteiger partial charge in [0.1, 0.15) is 0 Å². The highest BCUT2D eigenvalue weighted by molar-refractivity contribution is 6.24. The van der Waals surface area contributed by atoms with Crippen LogP contribution in [0.2, 0.25) is 0 Å². The average molecular weight is 647 g/mol. The number of alkyl halides is 6. The first kappa shape index (κ1) is 33.5. The molecule has 2 aromatic rings. The number of nitrogens with zero attached hydrogens (tertiary/aromatic N) is 2. The molecule has 0 fully saturated rings. The summed E-state index contributed by atoms with van der Waals surface area (Å²) in [6.07, 6.45) is -6.15. The van der Waals surface area contributed by atoms with Crippen molar-refractivity contribution in [2.24, 2.45) is 5.92 Å². The highest BCUT2D eigenvalue weighted by Crippen LogP contribution is 2.50. The van der Waals surface area contributed by atoms with Crippen LogP contribution in [-0.2, 0) is 32.7 Å². The zero-order valence-electron chi connectivity index (χ0n) is 26.7. The van der Waals surface area contributed by atoms with Crippen LogP contribution in [0.25, 0.3) is 0 Å². The van der Waals surface area contributed by atoms with Crippen molar-refractivity contribution in [3.8, 4) is 0 Å². The molecule has 5 nitrogen and oxygen atoms in total. The lowest BCUT2D eigenvalue weighted by atomic mass is 9.77. The fourth-order valence-corrected chi connectivity index (χ4v) is 6.58. The van der Waals surface area contributed by atoms with Gasteiger partial charge in [-0.1, -0.05) is 33.5 Å². The molecule has 0 spiro atoms. The van der Waals surface area contributed by atoms with E-state index < -0.39 is 45.9 Å². The van der Waals surface area contributed by atoms with Crippen molar-refractivity contribution in [2.45, 2.75) is 64.7 Å². The van der Waals surface area contributed by atoms with Crippen molar-refractivity contribution in [1.82, 2.24) is 0 Å². The topological polar surface area (TPSA) is 55.6 Å². The summed E-state index contributed by atoms with van der Waals surface area (Å²) in [4.78, 5) is 15.4. The summed E-state index contributed by atoms with van der Waals surface area (Å²) in [5, 5.41) is 13.6. The van der Waals surface area contributed by atoms with Gasteiger partial charge < -0.3 is 14.7 Å². The van der Waals surface area contributed by atoms with Crippen LogP contribution in [0.4, 0.5) is 37.7 Å². The number of carbonyl (C=O) groups excluding carboxylic acids is 1. The minimum Gasteiger partial charge on any atom is -0.871 e. The number of Topliss-reactive ketones (excluding diaryl/α,β-unsaturated/α-hetero) is 1. The summed E-state index contributed by atoms with van der Waals surface area (Å²) in [7, 11) is 1.50. The molecule has 0 aromatic heterocycles. The van der Waals surface area contributed by atoms with Crippen molar-refractivity contribution < 1.29 is 45.6 Å². The first-order chi connectivity index (χ1) is 21.2. The van der Waals surface area contributed by atoms with E-state index in [1.165, 1.54) is 31.4 Å². The smallest absolute Gasteiger partial charge is 0.416 e. The molecule has 0 saturated carbocycles. The van der Waals surface area contributed by atoms with Gasteiger partial charge in [-0.25, -0.2) is 0 Å². The Morgan fingerprint density at radius 1 is 0.913 bits per heavy atom. The van der Waals surface area contributed by atoms with E-state index in [1.807, 2.05) is 18.4 Å². The molecule has 11 heteroatoms. The molecule has 0 unspecified atom stereocenters. The molecule has 0 bridgehead atoms. The number of benzene rings is 2. The zero-order valence-corrected chi connectivity index (χ0v) is 26.7. The molecule has 5 rings (SSSR count). The van der Waals surface area contributed by atoms with Crippen LogP contribution >= 0.6 is 0 Å². The maximum absolute atomic E-state index is 13.6. The number of carbonyl (C=O) groups is 1. The largest absolute Gasteiger partial charge is 0.871 e. The molecule has 46 heavy (non-hydrogen) atoms. The van der Waals surface area contributed by atoms with Crippen molar-refractivity contribution >= 4 is 22.9 Å². The number of fused-ring (bicyclic) bond motifs is 2. The van der Waals surface area contributed by atoms with Crippen molar-refractivity contribution in [1.29, 1.82) is 0 Å². The summed E-state index contributed by atoms with van der Waals surface area (Å²) in [6.45, 7) is 11.9. The van der Waals surface area contributed by atoms with Gasteiger partial charge in [-0.05, 0) is 55.8 Å². The van der Waals surface area contributed by atoms with Crippen LogP contribution in [0.1, 0.15) is 63.8 Å². The second-order valence-electron chi connectivity index (χ2n) is 13.4. The Morgan fingerprint density at radius 3 is 2.04 bits per heavy atom. The lowest BCUT2D eigenvalue weighted by Crippen LogP contribution is -2.35. The van der Waals surface area contributed by atoms with Gasteiger partial charge in [-0.15, -0.1) is 0 Å². The summed E-state index contributed by atoms with van der Waals surface area (Å²) in [5.41, 5.74) is -0.730. The minimum atomic E-state index is -4.55. The quantitative estimate of drug-likeness (QED) is 0.181. The molecule has 2 heterocycles. The van der Waals surface area contributed by atoms with Gasteiger partial charge in [-0.3, -0.25) is 4.79 Å². The number of anilines is 1. The third-order valence-electron chi connectivity index (χ3n) is 9.05. The molecule has 0 N–H and O–H groups in total. The fraction of sp³-hybridized carbons (Fsp3) is 0.429. The Bertz CT molecular complexity index is 1740. The van der Waals surface area contributed by atoms with E-state index in [-0.39, 0.29) is 30.2 Å². The number of allylic oxidation sites excluding steroid dienone is 5. The summed E-state index contributed by atoms with van der Waals surface area (Å²) < 4.78 is 88.8. The Kier molecular flexibility index (Phi) is 8.11. The Labute approximate surface area is 264 Å². The van der Waals surface area contributed by atoms with Crippen molar-refractivity contribution in [3.63, 3.8) is 0 Å².